The number of β-amino-alcohol motifs (C(OH)–C–C–N with tert-alkyl or cyclic N) is 1. The molecule has 0 saturated carbocycles. The highest BCUT2D eigenvalue weighted by Gasteiger charge is 2.40. The Morgan fingerprint density at radius 3 is 2.38 bits per heavy atom. The van der Waals surface area contributed by atoms with Crippen molar-refractivity contribution in [1.82, 2.24) is 5.32 Å². The van der Waals surface area contributed by atoms with Gasteiger partial charge in [0.15, 0.2) is 0 Å². The predicted octanol–water partition coefficient (Wildman–Crippen LogP) is 0.573. The summed E-state index contributed by atoms with van der Waals surface area (Å²) in [4.78, 5) is 0. The average molecular weight is 176 g/mol. The lowest BCUT2D eigenvalue weighted by Crippen LogP contribution is -2.53. The van der Waals surface area contributed by atoms with Crippen molar-refractivity contribution >= 4 is 5.69 Å². The predicted molar refractivity (Wildman–Crippen MR) is 51.9 cm³/mol. The van der Waals surface area contributed by atoms with Crippen molar-refractivity contribution in [3.8, 4) is 0 Å². The first-order chi connectivity index (χ1) is 6.13. The molecule has 0 aromatic heterocycles. The fourth-order valence-electron chi connectivity index (χ4n) is 1.42. The highest BCUT2D eigenvalue weighted by molar-refractivity contribution is 5.44. The zero-order valence-corrected chi connectivity index (χ0v) is 7.25. The normalized spacial score (nSPS) is 26.4. The minimum Gasteiger partial charge on any atom is -0.399 e. The van der Waals surface area contributed by atoms with E-state index in [1.165, 1.54) is 0 Å². The molecule has 3 heteroatoms. The smallest absolute Gasteiger partial charge is 0.145 e. The van der Waals surface area contributed by atoms with Crippen LogP contribution in [-0.2, 0) is 5.60 Å². The molecule has 2 rings (SSSR count). The Hall–Kier alpha value is -1.48. The molecule has 1 atom stereocenters. The van der Waals surface area contributed by atoms with Crippen molar-refractivity contribution in [3.63, 3.8) is 0 Å². The van der Waals surface area contributed by atoms with Gasteiger partial charge in [-0.25, -0.2) is 0 Å². The van der Waals surface area contributed by atoms with Crippen LogP contribution in [0.25, 0.3) is 0 Å². The SMILES string of the molecule is C=C1NCC1(O)c1ccc(N)cc1. The Balaban J connectivity index is 2.35. The number of anilines is 1. The maximum absolute atomic E-state index is 10.0. The number of hydrogen-bond donors (Lipinski definition) is 3. The Bertz CT molecular complexity index is 344. The number of nitrogens with two attached hydrogens (primary N) is 1. The van der Waals surface area contributed by atoms with Crippen molar-refractivity contribution in [1.29, 1.82) is 0 Å². The Morgan fingerprint density at radius 1 is 1.38 bits per heavy atom. The van der Waals surface area contributed by atoms with E-state index >= 15 is 0 Å². The molecule has 0 spiro atoms. The zero-order chi connectivity index (χ0) is 9.47. The van der Waals surface area contributed by atoms with Crippen LogP contribution >= 0.6 is 0 Å². The summed E-state index contributed by atoms with van der Waals surface area (Å²) in [5.74, 6) is 0. The molecule has 1 aromatic rings. The van der Waals surface area contributed by atoms with Crippen LogP contribution in [0.1, 0.15) is 5.56 Å². The molecule has 1 fully saturated rings. The van der Waals surface area contributed by atoms with Crippen LogP contribution in [0, 0.1) is 0 Å². The molecule has 0 bridgehead atoms. The highest BCUT2D eigenvalue weighted by atomic mass is 16.3. The standard InChI is InChI=1S/C10H12N2O/c1-7-10(13,6-12-7)8-2-4-9(11)5-3-8/h2-5,12-13H,1,6,11H2. The summed E-state index contributed by atoms with van der Waals surface area (Å²) in [6, 6.07) is 7.19. The van der Waals surface area contributed by atoms with Crippen LogP contribution in [-0.4, -0.2) is 11.7 Å². The lowest BCUT2D eigenvalue weighted by molar-refractivity contribution is 0.0282. The minimum atomic E-state index is -0.895. The van der Waals surface area contributed by atoms with Gasteiger partial charge in [-0.05, 0) is 17.7 Å². The minimum absolute atomic E-state index is 0.524. The van der Waals surface area contributed by atoms with Crippen molar-refractivity contribution in [2.24, 2.45) is 0 Å². The van der Waals surface area contributed by atoms with Gasteiger partial charge in [0, 0.05) is 11.4 Å². The number of nitrogen functional groups attached to an aromatic ring is 1. The zero-order valence-electron chi connectivity index (χ0n) is 7.25. The van der Waals surface area contributed by atoms with Crippen molar-refractivity contribution in [2.75, 3.05) is 12.3 Å². The van der Waals surface area contributed by atoms with Gasteiger partial charge in [-0.1, -0.05) is 18.7 Å². The molecule has 0 radical (unpaired) electrons. The van der Waals surface area contributed by atoms with Crippen LogP contribution in [0.3, 0.4) is 0 Å². The van der Waals surface area contributed by atoms with E-state index in [0.29, 0.717) is 17.9 Å². The quantitative estimate of drug-likeness (QED) is 0.548. The molecule has 0 amide bonds. The maximum atomic E-state index is 10.0. The number of rotatable bonds is 1. The molecule has 3 nitrogen and oxygen atoms in total. The van der Waals surface area contributed by atoms with E-state index in [0.717, 1.165) is 5.56 Å². The highest BCUT2D eigenvalue weighted by Crippen LogP contribution is 2.33. The van der Waals surface area contributed by atoms with E-state index in [-0.39, 0.29) is 0 Å². The molecule has 0 aliphatic carbocycles. The summed E-state index contributed by atoms with van der Waals surface area (Å²) in [6.07, 6.45) is 0. The van der Waals surface area contributed by atoms with Gasteiger partial charge in [-0.2, -0.15) is 0 Å². The van der Waals surface area contributed by atoms with E-state index < -0.39 is 5.60 Å². The van der Waals surface area contributed by atoms with Gasteiger partial charge in [-0.15, -0.1) is 0 Å². The molecule has 4 N–H and O–H groups in total. The average Bonchev–Trinajstić information content (AvgIpc) is 2.15. The first kappa shape index (κ1) is 8.13. The van der Waals surface area contributed by atoms with E-state index in [2.05, 4.69) is 11.9 Å². The molecule has 1 aromatic carbocycles. The topological polar surface area (TPSA) is 58.3 Å². The van der Waals surface area contributed by atoms with Gasteiger partial charge >= 0.3 is 0 Å². The fraction of sp³-hybridized carbons (Fsp3) is 0.200. The number of nitrogens with one attached hydrogen (secondary N) is 1. The van der Waals surface area contributed by atoms with Gasteiger partial charge in [-0.3, -0.25) is 0 Å². The van der Waals surface area contributed by atoms with E-state index in [1.54, 1.807) is 12.1 Å². The van der Waals surface area contributed by atoms with Gasteiger partial charge in [0.2, 0.25) is 0 Å². The Kier molecular flexibility index (Phi) is 1.57. The van der Waals surface area contributed by atoms with Gasteiger partial charge in [0.25, 0.3) is 0 Å². The van der Waals surface area contributed by atoms with Crippen molar-refractivity contribution in [2.45, 2.75) is 5.60 Å². The van der Waals surface area contributed by atoms with E-state index in [1.807, 2.05) is 12.1 Å². The van der Waals surface area contributed by atoms with Crippen LogP contribution in [0.5, 0.6) is 0 Å². The number of aliphatic hydroxyl groups is 1. The van der Waals surface area contributed by atoms with E-state index in [4.69, 9.17) is 5.73 Å². The van der Waals surface area contributed by atoms with E-state index in [9.17, 15) is 5.11 Å². The van der Waals surface area contributed by atoms with Gasteiger partial charge in [0.05, 0.1) is 6.54 Å². The molecule has 13 heavy (non-hydrogen) atoms. The maximum Gasteiger partial charge on any atom is 0.145 e. The lowest BCUT2D eigenvalue weighted by atomic mass is 9.85. The Labute approximate surface area is 76.9 Å². The molecule has 1 aliphatic heterocycles. The Morgan fingerprint density at radius 2 is 2.00 bits per heavy atom. The third-order valence-corrected chi connectivity index (χ3v) is 2.45. The van der Waals surface area contributed by atoms with Crippen LogP contribution in [0.4, 0.5) is 5.69 Å². The first-order valence-electron chi connectivity index (χ1n) is 4.14. The van der Waals surface area contributed by atoms with Gasteiger partial charge < -0.3 is 16.2 Å². The van der Waals surface area contributed by atoms with Crippen molar-refractivity contribution < 1.29 is 5.11 Å². The van der Waals surface area contributed by atoms with Crippen molar-refractivity contribution in [3.05, 3.63) is 42.1 Å². The number of benzene rings is 1. The molecule has 1 aliphatic rings. The first-order valence-corrected chi connectivity index (χ1v) is 4.14. The van der Waals surface area contributed by atoms with Crippen LogP contribution < -0.4 is 11.1 Å². The second-order valence-corrected chi connectivity index (χ2v) is 3.31. The molecular formula is C10H12N2O. The molecule has 1 heterocycles. The summed E-state index contributed by atoms with van der Waals surface area (Å²) >= 11 is 0. The monoisotopic (exact) mass is 176 g/mol. The molecule has 68 valence electrons. The second kappa shape index (κ2) is 2.50. The molecular weight excluding hydrogens is 164 g/mol. The molecule has 1 saturated heterocycles. The third kappa shape index (κ3) is 1.09. The fourth-order valence-corrected chi connectivity index (χ4v) is 1.42. The second-order valence-electron chi connectivity index (χ2n) is 3.31. The molecule has 1 unspecified atom stereocenters. The summed E-state index contributed by atoms with van der Waals surface area (Å²) in [6.45, 7) is 4.24. The summed E-state index contributed by atoms with van der Waals surface area (Å²) in [5.41, 5.74) is 6.84. The summed E-state index contributed by atoms with van der Waals surface area (Å²) in [5, 5.41) is 13.0. The summed E-state index contributed by atoms with van der Waals surface area (Å²) < 4.78 is 0. The number of hydrogen-bond acceptors (Lipinski definition) is 3. The largest absolute Gasteiger partial charge is 0.399 e. The van der Waals surface area contributed by atoms with Gasteiger partial charge in [0.1, 0.15) is 5.60 Å². The van der Waals surface area contributed by atoms with Crippen LogP contribution in [0.15, 0.2) is 36.5 Å². The third-order valence-electron chi connectivity index (χ3n) is 2.45. The van der Waals surface area contributed by atoms with Crippen LogP contribution in [0.2, 0.25) is 0 Å². The summed E-state index contributed by atoms with van der Waals surface area (Å²) in [7, 11) is 0. The lowest BCUT2D eigenvalue weighted by Gasteiger charge is -2.41.